The number of halogens is 3. The Hall–Kier alpha value is -2.11. The van der Waals surface area contributed by atoms with E-state index < -0.39 is 17.5 Å². The molecule has 1 N–H and O–H groups in total. The molecule has 0 spiro atoms. The fourth-order valence-corrected chi connectivity index (χ4v) is 1.70. The van der Waals surface area contributed by atoms with Gasteiger partial charge in [0, 0.05) is 24.2 Å². The lowest BCUT2D eigenvalue weighted by molar-refractivity contribution is 0.496. The third-order valence-corrected chi connectivity index (χ3v) is 2.48. The first kappa shape index (κ1) is 13.3. The van der Waals surface area contributed by atoms with Gasteiger partial charge in [-0.3, -0.25) is 0 Å². The summed E-state index contributed by atoms with van der Waals surface area (Å²) >= 11 is 0. The van der Waals surface area contributed by atoms with Crippen LogP contribution < -0.4 is 5.32 Å². The van der Waals surface area contributed by atoms with E-state index in [-0.39, 0.29) is 11.3 Å². The van der Waals surface area contributed by atoms with Crippen molar-refractivity contribution in [3.05, 3.63) is 41.5 Å². The van der Waals surface area contributed by atoms with Crippen LogP contribution in [0.15, 0.2) is 18.2 Å². The molecule has 0 saturated carbocycles. The second kappa shape index (κ2) is 5.26. The number of hydrogen-bond acceptors (Lipinski definition) is 3. The van der Waals surface area contributed by atoms with Crippen LogP contribution in [0.1, 0.15) is 12.7 Å². The van der Waals surface area contributed by atoms with E-state index in [4.69, 9.17) is 0 Å². The number of benzene rings is 1. The summed E-state index contributed by atoms with van der Waals surface area (Å²) in [5, 5.41) is 2.96. The molecule has 6 heteroatoms. The molecule has 0 aliphatic rings. The van der Waals surface area contributed by atoms with Crippen LogP contribution in [0.25, 0.3) is 11.3 Å². The van der Waals surface area contributed by atoms with E-state index in [0.29, 0.717) is 24.3 Å². The monoisotopic (exact) mass is 267 g/mol. The first-order chi connectivity index (χ1) is 9.01. The lowest BCUT2D eigenvalue weighted by Crippen LogP contribution is -2.03. The summed E-state index contributed by atoms with van der Waals surface area (Å²) in [5.41, 5.74) is 0.114. The molecule has 1 aromatic carbocycles. The fraction of sp³-hybridized carbons (Fsp3) is 0.231. The quantitative estimate of drug-likeness (QED) is 0.867. The van der Waals surface area contributed by atoms with Crippen molar-refractivity contribution in [3.63, 3.8) is 0 Å². The summed E-state index contributed by atoms with van der Waals surface area (Å²) in [4.78, 5) is 8.14. The van der Waals surface area contributed by atoms with Gasteiger partial charge in [-0.15, -0.1) is 0 Å². The van der Waals surface area contributed by atoms with Crippen molar-refractivity contribution in [2.75, 3.05) is 11.9 Å². The summed E-state index contributed by atoms with van der Waals surface area (Å²) in [6.45, 7) is 4.16. The van der Waals surface area contributed by atoms with Gasteiger partial charge in [0.2, 0.25) is 0 Å². The van der Waals surface area contributed by atoms with Gasteiger partial charge in [-0.2, -0.15) is 0 Å². The second-order valence-electron chi connectivity index (χ2n) is 3.96. The summed E-state index contributed by atoms with van der Waals surface area (Å²) < 4.78 is 39.8. The zero-order valence-corrected chi connectivity index (χ0v) is 10.5. The predicted molar refractivity (Wildman–Crippen MR) is 66.2 cm³/mol. The van der Waals surface area contributed by atoms with Crippen molar-refractivity contribution >= 4 is 5.82 Å². The van der Waals surface area contributed by atoms with E-state index in [1.807, 2.05) is 6.92 Å². The molecule has 0 aliphatic carbocycles. The number of nitrogens with one attached hydrogen (secondary N) is 1. The van der Waals surface area contributed by atoms with Crippen molar-refractivity contribution in [1.82, 2.24) is 9.97 Å². The van der Waals surface area contributed by atoms with Gasteiger partial charge in [0.1, 0.15) is 17.5 Å². The van der Waals surface area contributed by atoms with Crippen LogP contribution in [0.5, 0.6) is 0 Å². The maximum absolute atomic E-state index is 13.7. The molecule has 0 bridgehead atoms. The van der Waals surface area contributed by atoms with Crippen LogP contribution in [0.3, 0.4) is 0 Å². The van der Waals surface area contributed by atoms with Crippen molar-refractivity contribution in [1.29, 1.82) is 0 Å². The summed E-state index contributed by atoms with van der Waals surface area (Å²) in [6, 6.07) is 2.80. The third-order valence-electron chi connectivity index (χ3n) is 2.48. The molecule has 2 rings (SSSR count). The molecule has 0 radical (unpaired) electrons. The molecule has 0 amide bonds. The normalized spacial score (nSPS) is 10.6. The van der Waals surface area contributed by atoms with Gasteiger partial charge in [0.05, 0.1) is 5.69 Å². The zero-order chi connectivity index (χ0) is 14.0. The van der Waals surface area contributed by atoms with Crippen molar-refractivity contribution in [3.8, 4) is 11.3 Å². The van der Waals surface area contributed by atoms with E-state index >= 15 is 0 Å². The molecule has 3 nitrogen and oxygen atoms in total. The van der Waals surface area contributed by atoms with Crippen LogP contribution in [-0.2, 0) is 0 Å². The average Bonchev–Trinajstić information content (AvgIpc) is 2.33. The lowest BCUT2D eigenvalue weighted by atomic mass is 10.1. The van der Waals surface area contributed by atoms with Crippen LogP contribution in [0.2, 0.25) is 0 Å². The number of rotatable bonds is 3. The highest BCUT2D eigenvalue weighted by Crippen LogP contribution is 2.25. The van der Waals surface area contributed by atoms with Crippen LogP contribution >= 0.6 is 0 Å². The number of anilines is 1. The lowest BCUT2D eigenvalue weighted by Gasteiger charge is -2.08. The standard InChI is InChI=1S/C13H12F3N3/c1-3-17-13-6-12(18-7(2)19-13)8-4-10(15)11(16)5-9(8)14/h4-6H,3H2,1-2H3,(H,17,18,19). The SMILES string of the molecule is CCNc1cc(-c2cc(F)c(F)cc2F)nc(C)n1. The van der Waals surface area contributed by atoms with Crippen LogP contribution in [0, 0.1) is 24.4 Å². The molecular weight excluding hydrogens is 255 g/mol. The highest BCUT2D eigenvalue weighted by molar-refractivity contribution is 5.63. The summed E-state index contributed by atoms with van der Waals surface area (Å²) in [5.74, 6) is -2.28. The molecule has 1 aromatic heterocycles. The average molecular weight is 267 g/mol. The van der Waals surface area contributed by atoms with Gasteiger partial charge >= 0.3 is 0 Å². The van der Waals surface area contributed by atoms with E-state index in [1.54, 1.807) is 6.92 Å². The Bertz CT molecular complexity index is 614. The largest absolute Gasteiger partial charge is 0.370 e. The van der Waals surface area contributed by atoms with Gasteiger partial charge in [-0.25, -0.2) is 23.1 Å². The predicted octanol–water partition coefficient (Wildman–Crippen LogP) is 3.30. The number of hydrogen-bond donors (Lipinski definition) is 1. The van der Waals surface area contributed by atoms with E-state index in [9.17, 15) is 13.2 Å². The zero-order valence-electron chi connectivity index (χ0n) is 10.5. The van der Waals surface area contributed by atoms with Gasteiger partial charge in [0.15, 0.2) is 11.6 Å². The fourth-order valence-electron chi connectivity index (χ4n) is 1.70. The topological polar surface area (TPSA) is 37.8 Å². The van der Waals surface area contributed by atoms with Crippen molar-refractivity contribution in [2.24, 2.45) is 0 Å². The second-order valence-corrected chi connectivity index (χ2v) is 3.96. The Morgan fingerprint density at radius 3 is 2.37 bits per heavy atom. The Labute approximate surface area is 108 Å². The Balaban J connectivity index is 2.55. The molecular formula is C13H12F3N3. The van der Waals surface area contributed by atoms with E-state index in [2.05, 4.69) is 15.3 Å². The number of nitrogens with zero attached hydrogens (tertiary/aromatic N) is 2. The molecule has 0 saturated heterocycles. The molecule has 0 atom stereocenters. The number of aryl methyl sites for hydroxylation is 1. The van der Waals surface area contributed by atoms with Gasteiger partial charge in [-0.05, 0) is 19.9 Å². The van der Waals surface area contributed by atoms with Crippen molar-refractivity contribution in [2.45, 2.75) is 13.8 Å². The van der Waals surface area contributed by atoms with Crippen molar-refractivity contribution < 1.29 is 13.2 Å². The van der Waals surface area contributed by atoms with E-state index in [1.165, 1.54) is 6.07 Å². The van der Waals surface area contributed by atoms with Gasteiger partial charge in [0.25, 0.3) is 0 Å². The Kier molecular flexibility index (Phi) is 3.69. The first-order valence-corrected chi connectivity index (χ1v) is 5.75. The minimum absolute atomic E-state index is 0.0939. The summed E-state index contributed by atoms with van der Waals surface area (Å²) in [7, 11) is 0. The van der Waals surface area contributed by atoms with Crippen LogP contribution in [0.4, 0.5) is 19.0 Å². The Morgan fingerprint density at radius 1 is 1.00 bits per heavy atom. The highest BCUT2D eigenvalue weighted by Gasteiger charge is 2.13. The Morgan fingerprint density at radius 2 is 1.68 bits per heavy atom. The van der Waals surface area contributed by atoms with Gasteiger partial charge in [-0.1, -0.05) is 0 Å². The minimum atomic E-state index is -1.22. The smallest absolute Gasteiger partial charge is 0.161 e. The third kappa shape index (κ3) is 2.83. The minimum Gasteiger partial charge on any atom is -0.370 e. The molecule has 0 fully saturated rings. The first-order valence-electron chi connectivity index (χ1n) is 5.75. The molecule has 1 heterocycles. The molecule has 19 heavy (non-hydrogen) atoms. The molecule has 0 unspecified atom stereocenters. The summed E-state index contributed by atoms with van der Waals surface area (Å²) in [6.07, 6.45) is 0. The van der Waals surface area contributed by atoms with Crippen LogP contribution in [-0.4, -0.2) is 16.5 Å². The maximum Gasteiger partial charge on any atom is 0.161 e. The molecule has 2 aromatic rings. The number of aromatic nitrogens is 2. The maximum atomic E-state index is 13.7. The molecule has 0 aliphatic heterocycles. The molecule has 100 valence electrons. The van der Waals surface area contributed by atoms with Gasteiger partial charge < -0.3 is 5.32 Å². The van der Waals surface area contributed by atoms with E-state index in [0.717, 1.165) is 6.07 Å². The highest BCUT2D eigenvalue weighted by atomic mass is 19.2.